The molecule has 3 unspecified atom stereocenters. The summed E-state index contributed by atoms with van der Waals surface area (Å²) in [5, 5.41) is 1.74. The van der Waals surface area contributed by atoms with Gasteiger partial charge in [0.15, 0.2) is 11.5 Å². The molecule has 9 nitrogen and oxygen atoms in total. The van der Waals surface area contributed by atoms with E-state index in [1.807, 2.05) is 42.5 Å². The van der Waals surface area contributed by atoms with Crippen LogP contribution in [-0.4, -0.2) is 49.7 Å². The fraction of sp³-hybridized carbons (Fsp3) is 0.462. The van der Waals surface area contributed by atoms with Crippen molar-refractivity contribution in [2.45, 2.75) is 45.3 Å². The van der Waals surface area contributed by atoms with Crippen molar-refractivity contribution >= 4 is 12.1 Å². The van der Waals surface area contributed by atoms with Crippen molar-refractivity contribution in [2.24, 2.45) is 5.92 Å². The number of rotatable bonds is 6. The minimum atomic E-state index is -0.680. The van der Waals surface area contributed by atoms with Crippen molar-refractivity contribution < 1.29 is 33.3 Å². The first-order valence-corrected chi connectivity index (χ1v) is 11.7. The fourth-order valence-electron chi connectivity index (χ4n) is 4.65. The molecule has 0 saturated carbocycles. The molecule has 188 valence electrons. The van der Waals surface area contributed by atoms with Gasteiger partial charge in [-0.05, 0) is 51.5 Å². The maximum atomic E-state index is 13.4. The minimum Gasteiger partial charge on any atom is -0.496 e. The second kappa shape index (κ2) is 10.0. The smallest absolute Gasteiger partial charge is 0.422 e. The highest BCUT2D eigenvalue weighted by Gasteiger charge is 2.50. The summed E-state index contributed by atoms with van der Waals surface area (Å²) in [6.45, 7) is 7.89. The van der Waals surface area contributed by atoms with E-state index in [2.05, 4.69) is 5.43 Å². The van der Waals surface area contributed by atoms with Crippen molar-refractivity contribution in [3.8, 4) is 17.2 Å². The van der Waals surface area contributed by atoms with E-state index in [0.29, 0.717) is 23.8 Å². The molecule has 4 rings (SSSR count). The lowest BCUT2D eigenvalue weighted by Crippen LogP contribution is -2.45. The molecule has 1 amide bonds. The van der Waals surface area contributed by atoms with Crippen LogP contribution in [0.2, 0.25) is 0 Å². The van der Waals surface area contributed by atoms with Gasteiger partial charge in [-0.3, -0.25) is 10.2 Å². The Bertz CT molecular complexity index is 1080. The van der Waals surface area contributed by atoms with E-state index in [-0.39, 0.29) is 25.3 Å². The highest BCUT2D eigenvalue weighted by atomic mass is 16.7. The van der Waals surface area contributed by atoms with Gasteiger partial charge in [0.1, 0.15) is 11.4 Å². The van der Waals surface area contributed by atoms with Gasteiger partial charge >= 0.3 is 12.1 Å². The van der Waals surface area contributed by atoms with Gasteiger partial charge in [0.2, 0.25) is 6.79 Å². The van der Waals surface area contributed by atoms with Crippen LogP contribution in [0.15, 0.2) is 42.5 Å². The van der Waals surface area contributed by atoms with Crippen molar-refractivity contribution in [1.29, 1.82) is 0 Å². The summed E-state index contributed by atoms with van der Waals surface area (Å²) in [5.74, 6) is 0.575. The zero-order valence-corrected chi connectivity index (χ0v) is 20.7. The van der Waals surface area contributed by atoms with E-state index in [1.54, 1.807) is 39.8 Å². The van der Waals surface area contributed by atoms with Crippen LogP contribution >= 0.6 is 0 Å². The molecule has 2 aromatic rings. The fourth-order valence-corrected chi connectivity index (χ4v) is 4.65. The maximum Gasteiger partial charge on any atom is 0.422 e. The number of amides is 1. The molecule has 1 saturated heterocycles. The number of hydrogen-bond donors (Lipinski definition) is 1. The van der Waals surface area contributed by atoms with E-state index in [4.69, 9.17) is 23.7 Å². The maximum absolute atomic E-state index is 13.4. The molecule has 2 aromatic carbocycles. The Labute approximate surface area is 205 Å². The lowest BCUT2D eigenvalue weighted by molar-refractivity contribution is -0.149. The van der Waals surface area contributed by atoms with Crippen molar-refractivity contribution in [3.63, 3.8) is 0 Å². The number of nitrogens with zero attached hydrogens (tertiary/aromatic N) is 1. The molecule has 1 fully saturated rings. The summed E-state index contributed by atoms with van der Waals surface area (Å²) < 4.78 is 27.7. The number of nitrogens with one attached hydrogen (secondary N) is 1. The van der Waals surface area contributed by atoms with Crippen LogP contribution in [0.25, 0.3) is 0 Å². The monoisotopic (exact) mass is 484 g/mol. The Balaban J connectivity index is 1.78. The molecule has 35 heavy (non-hydrogen) atoms. The van der Waals surface area contributed by atoms with E-state index in [0.717, 1.165) is 11.1 Å². The average Bonchev–Trinajstić information content (AvgIpc) is 3.42. The molecule has 9 heteroatoms. The Morgan fingerprint density at radius 1 is 1.11 bits per heavy atom. The van der Waals surface area contributed by atoms with Crippen LogP contribution in [0.1, 0.15) is 50.8 Å². The zero-order chi connectivity index (χ0) is 25.2. The SMILES string of the molecule is CCOC(=O)C1C(c2ccc3c(c2)OCO3)CN(NC(=O)OC(C)(C)C)C1c1ccccc1OC. The Hall–Kier alpha value is -3.46. The van der Waals surface area contributed by atoms with Gasteiger partial charge in [0.05, 0.1) is 25.7 Å². The van der Waals surface area contributed by atoms with Gasteiger partial charge in [-0.1, -0.05) is 24.3 Å². The molecule has 0 radical (unpaired) electrons. The molecule has 1 N–H and O–H groups in total. The molecule has 2 aliphatic heterocycles. The molecular weight excluding hydrogens is 452 g/mol. The molecular formula is C26H32N2O7. The summed E-state index contributed by atoms with van der Waals surface area (Å²) in [6.07, 6.45) is -0.605. The molecule has 3 atom stereocenters. The second-order valence-corrected chi connectivity index (χ2v) is 9.45. The Kier molecular flexibility index (Phi) is 7.07. The summed E-state index contributed by atoms with van der Waals surface area (Å²) in [5.41, 5.74) is 3.82. The van der Waals surface area contributed by atoms with Crippen LogP contribution in [0.4, 0.5) is 4.79 Å². The third-order valence-electron chi connectivity index (χ3n) is 5.98. The van der Waals surface area contributed by atoms with Gasteiger partial charge in [-0.2, -0.15) is 0 Å². The summed E-state index contributed by atoms with van der Waals surface area (Å²) in [6, 6.07) is 12.5. The van der Waals surface area contributed by atoms with Gasteiger partial charge in [0.25, 0.3) is 0 Å². The van der Waals surface area contributed by atoms with Crippen LogP contribution < -0.4 is 19.6 Å². The molecule has 2 aliphatic rings. The van der Waals surface area contributed by atoms with Gasteiger partial charge in [-0.25, -0.2) is 9.80 Å². The Morgan fingerprint density at radius 2 is 1.86 bits per heavy atom. The number of carbonyl (C=O) groups is 2. The van der Waals surface area contributed by atoms with E-state index < -0.39 is 23.7 Å². The number of benzene rings is 2. The van der Waals surface area contributed by atoms with E-state index in [9.17, 15) is 9.59 Å². The number of carbonyl (C=O) groups excluding carboxylic acids is 2. The standard InChI is InChI=1S/C26H32N2O7/c1-6-32-24(29)22-18(16-11-12-20-21(13-16)34-15-33-20)14-28(27-25(30)35-26(2,3)4)23(22)17-9-7-8-10-19(17)31-5/h7-13,18,22-23H,6,14-15H2,1-5H3,(H,27,30). The van der Waals surface area contributed by atoms with Gasteiger partial charge < -0.3 is 23.7 Å². The number of ether oxygens (including phenoxy) is 5. The van der Waals surface area contributed by atoms with Crippen molar-refractivity contribution in [1.82, 2.24) is 10.4 Å². The molecule has 0 aliphatic carbocycles. The van der Waals surface area contributed by atoms with Crippen molar-refractivity contribution in [2.75, 3.05) is 27.1 Å². The third-order valence-corrected chi connectivity index (χ3v) is 5.98. The lowest BCUT2D eigenvalue weighted by atomic mass is 9.82. The third kappa shape index (κ3) is 5.30. The number of fused-ring (bicyclic) bond motifs is 1. The zero-order valence-electron chi connectivity index (χ0n) is 20.7. The summed E-state index contributed by atoms with van der Waals surface area (Å²) >= 11 is 0. The highest BCUT2D eigenvalue weighted by molar-refractivity contribution is 5.76. The first-order valence-electron chi connectivity index (χ1n) is 11.7. The van der Waals surface area contributed by atoms with Crippen LogP contribution in [-0.2, 0) is 14.3 Å². The number of esters is 1. The first kappa shape index (κ1) is 24.7. The largest absolute Gasteiger partial charge is 0.496 e. The molecule has 0 spiro atoms. The van der Waals surface area contributed by atoms with E-state index in [1.165, 1.54) is 0 Å². The van der Waals surface area contributed by atoms with Gasteiger partial charge in [0, 0.05) is 18.0 Å². The van der Waals surface area contributed by atoms with E-state index >= 15 is 0 Å². The second-order valence-electron chi connectivity index (χ2n) is 9.45. The molecule has 0 aromatic heterocycles. The molecule has 2 heterocycles. The summed E-state index contributed by atoms with van der Waals surface area (Å²) in [4.78, 5) is 26.2. The highest BCUT2D eigenvalue weighted by Crippen LogP contribution is 2.49. The quantitative estimate of drug-likeness (QED) is 0.610. The topological polar surface area (TPSA) is 95.6 Å². The van der Waals surface area contributed by atoms with Gasteiger partial charge in [-0.15, -0.1) is 0 Å². The van der Waals surface area contributed by atoms with Crippen LogP contribution in [0.3, 0.4) is 0 Å². The predicted molar refractivity (Wildman–Crippen MR) is 127 cm³/mol. The van der Waals surface area contributed by atoms with Crippen LogP contribution in [0, 0.1) is 5.92 Å². The Morgan fingerprint density at radius 3 is 2.57 bits per heavy atom. The van der Waals surface area contributed by atoms with Crippen LogP contribution in [0.5, 0.6) is 17.2 Å². The number of methoxy groups -OCH3 is 1. The first-order chi connectivity index (χ1) is 16.7. The summed E-state index contributed by atoms with van der Waals surface area (Å²) in [7, 11) is 1.58. The minimum absolute atomic E-state index is 0.154. The number of hydrogen-bond acceptors (Lipinski definition) is 8. The average molecular weight is 485 g/mol. The lowest BCUT2D eigenvalue weighted by Gasteiger charge is -2.30. The predicted octanol–water partition coefficient (Wildman–Crippen LogP) is 4.18. The normalized spacial score (nSPS) is 21.5. The van der Waals surface area contributed by atoms with Crippen molar-refractivity contribution in [3.05, 3.63) is 53.6 Å². The number of para-hydroxylation sites is 1. The number of hydrazine groups is 1. The molecule has 0 bridgehead atoms.